The number of carbonyl (C=O) groups excluding carboxylic acids is 1. The lowest BCUT2D eigenvalue weighted by Crippen LogP contribution is -2.45. The third-order valence-electron chi connectivity index (χ3n) is 5.00. The Morgan fingerprint density at radius 1 is 1.08 bits per heavy atom. The average molecular weight is 355 g/mol. The minimum atomic E-state index is -0.250. The van der Waals surface area contributed by atoms with Gasteiger partial charge in [0.25, 0.3) is 0 Å². The zero-order chi connectivity index (χ0) is 18.5. The fourth-order valence-electron chi connectivity index (χ4n) is 3.49. The normalized spacial score (nSPS) is 19.0. The Hall–Kier alpha value is -2.27. The summed E-state index contributed by atoms with van der Waals surface area (Å²) in [6.07, 6.45) is 4.12. The summed E-state index contributed by atoms with van der Waals surface area (Å²) >= 11 is 0. The van der Waals surface area contributed by atoms with Crippen molar-refractivity contribution in [2.75, 3.05) is 13.1 Å². The van der Waals surface area contributed by atoms with Gasteiger partial charge in [-0.05, 0) is 41.3 Å². The highest BCUT2D eigenvalue weighted by molar-refractivity contribution is 5.77. The van der Waals surface area contributed by atoms with E-state index >= 15 is 0 Å². The van der Waals surface area contributed by atoms with Gasteiger partial charge in [-0.25, -0.2) is 4.39 Å². The molecule has 0 spiro atoms. The number of rotatable bonds is 5. The zero-order valence-corrected chi connectivity index (χ0v) is 15.4. The summed E-state index contributed by atoms with van der Waals surface area (Å²) in [5.74, 6) is 0.266. The van der Waals surface area contributed by atoms with Crippen molar-refractivity contribution in [3.8, 4) is 0 Å². The highest BCUT2D eigenvalue weighted by Gasteiger charge is 2.31. The molecule has 2 aromatic rings. The van der Waals surface area contributed by atoms with Gasteiger partial charge in [-0.2, -0.15) is 0 Å². The number of carbonyl (C=O) groups is 1. The van der Waals surface area contributed by atoms with E-state index in [9.17, 15) is 9.18 Å². The van der Waals surface area contributed by atoms with Gasteiger partial charge in [0, 0.05) is 51.0 Å². The zero-order valence-electron chi connectivity index (χ0n) is 15.4. The van der Waals surface area contributed by atoms with E-state index < -0.39 is 0 Å². The third kappa shape index (κ3) is 4.67. The van der Waals surface area contributed by atoms with Crippen LogP contribution in [-0.4, -0.2) is 39.8 Å². The van der Waals surface area contributed by atoms with Crippen molar-refractivity contribution in [1.82, 2.24) is 14.8 Å². The van der Waals surface area contributed by atoms with Crippen LogP contribution in [-0.2, 0) is 17.9 Å². The van der Waals surface area contributed by atoms with Crippen LogP contribution >= 0.6 is 0 Å². The SMILES string of the molecule is CC(C)C1CN(Cc2ccncc2)CCC(=O)N1Cc1ccc(F)cc1. The molecule has 1 aliphatic heterocycles. The van der Waals surface area contributed by atoms with Gasteiger partial charge in [0.2, 0.25) is 5.91 Å². The van der Waals surface area contributed by atoms with Gasteiger partial charge in [-0.15, -0.1) is 0 Å². The molecular formula is C21H26FN3O. The molecule has 1 atom stereocenters. The molecule has 5 heteroatoms. The lowest BCUT2D eigenvalue weighted by Gasteiger charge is -2.35. The molecule has 1 fully saturated rings. The first kappa shape index (κ1) is 18.5. The molecule has 2 heterocycles. The van der Waals surface area contributed by atoms with Gasteiger partial charge in [0.15, 0.2) is 0 Å². The molecule has 1 aliphatic rings. The van der Waals surface area contributed by atoms with Crippen LogP contribution in [0.1, 0.15) is 31.4 Å². The predicted octanol–water partition coefficient (Wildman–Crippen LogP) is 3.48. The van der Waals surface area contributed by atoms with Gasteiger partial charge < -0.3 is 4.90 Å². The number of amides is 1. The molecule has 0 radical (unpaired) electrons. The molecule has 3 rings (SSSR count). The summed E-state index contributed by atoms with van der Waals surface area (Å²) in [5.41, 5.74) is 2.18. The first-order valence-corrected chi connectivity index (χ1v) is 9.18. The maximum absolute atomic E-state index is 13.2. The van der Waals surface area contributed by atoms with Gasteiger partial charge in [0.05, 0.1) is 0 Å². The van der Waals surface area contributed by atoms with Crippen LogP contribution in [0.2, 0.25) is 0 Å². The van der Waals surface area contributed by atoms with E-state index in [4.69, 9.17) is 0 Å². The molecule has 1 aromatic heterocycles. The minimum Gasteiger partial charge on any atom is -0.334 e. The fraction of sp³-hybridized carbons (Fsp3) is 0.429. The smallest absolute Gasteiger partial charge is 0.224 e. The van der Waals surface area contributed by atoms with Crippen molar-refractivity contribution < 1.29 is 9.18 Å². The number of pyridine rings is 1. The van der Waals surface area contributed by atoms with Crippen molar-refractivity contribution >= 4 is 5.91 Å². The molecule has 0 N–H and O–H groups in total. The molecular weight excluding hydrogens is 329 g/mol. The molecule has 1 saturated heterocycles. The van der Waals surface area contributed by atoms with Crippen LogP contribution in [0.25, 0.3) is 0 Å². The maximum atomic E-state index is 13.2. The average Bonchev–Trinajstić information content (AvgIpc) is 2.78. The van der Waals surface area contributed by atoms with Crippen LogP contribution in [0.4, 0.5) is 4.39 Å². The Morgan fingerprint density at radius 2 is 1.73 bits per heavy atom. The number of halogens is 1. The Labute approximate surface area is 154 Å². The summed E-state index contributed by atoms with van der Waals surface area (Å²) < 4.78 is 13.2. The molecule has 1 unspecified atom stereocenters. The lowest BCUT2D eigenvalue weighted by molar-refractivity contribution is -0.134. The molecule has 1 amide bonds. The van der Waals surface area contributed by atoms with Gasteiger partial charge in [-0.3, -0.25) is 14.7 Å². The van der Waals surface area contributed by atoms with Crippen molar-refractivity contribution in [3.63, 3.8) is 0 Å². The first-order valence-electron chi connectivity index (χ1n) is 9.18. The first-order chi connectivity index (χ1) is 12.5. The Bertz CT molecular complexity index is 718. The number of nitrogens with zero attached hydrogens (tertiary/aromatic N) is 3. The molecule has 26 heavy (non-hydrogen) atoms. The summed E-state index contributed by atoms with van der Waals surface area (Å²) in [6, 6.07) is 10.6. The summed E-state index contributed by atoms with van der Waals surface area (Å²) in [4.78, 5) is 21.2. The predicted molar refractivity (Wildman–Crippen MR) is 99.7 cm³/mol. The van der Waals surface area contributed by atoms with E-state index in [1.165, 1.54) is 17.7 Å². The summed E-state index contributed by atoms with van der Waals surface area (Å²) in [7, 11) is 0. The maximum Gasteiger partial charge on any atom is 0.224 e. The van der Waals surface area contributed by atoms with E-state index in [2.05, 4.69) is 23.7 Å². The van der Waals surface area contributed by atoms with Crippen molar-refractivity contribution in [2.24, 2.45) is 5.92 Å². The highest BCUT2D eigenvalue weighted by Crippen LogP contribution is 2.22. The molecule has 1 aromatic carbocycles. The highest BCUT2D eigenvalue weighted by atomic mass is 19.1. The monoisotopic (exact) mass is 355 g/mol. The lowest BCUT2D eigenvalue weighted by atomic mass is 10.0. The number of benzene rings is 1. The largest absolute Gasteiger partial charge is 0.334 e. The molecule has 0 bridgehead atoms. The topological polar surface area (TPSA) is 36.4 Å². The Balaban J connectivity index is 1.76. The Morgan fingerprint density at radius 3 is 2.38 bits per heavy atom. The van der Waals surface area contributed by atoms with Crippen LogP contribution in [0.5, 0.6) is 0 Å². The second-order valence-electron chi connectivity index (χ2n) is 7.30. The minimum absolute atomic E-state index is 0.136. The van der Waals surface area contributed by atoms with Crippen molar-refractivity contribution in [2.45, 2.75) is 39.4 Å². The van der Waals surface area contributed by atoms with E-state index in [1.807, 2.05) is 17.0 Å². The second-order valence-corrected chi connectivity index (χ2v) is 7.30. The van der Waals surface area contributed by atoms with Gasteiger partial charge in [0.1, 0.15) is 5.82 Å². The van der Waals surface area contributed by atoms with Crippen LogP contribution in [0.3, 0.4) is 0 Å². The van der Waals surface area contributed by atoms with E-state index in [0.717, 1.165) is 25.2 Å². The quantitative estimate of drug-likeness (QED) is 0.824. The summed E-state index contributed by atoms with van der Waals surface area (Å²) in [5, 5.41) is 0. The number of hydrogen-bond acceptors (Lipinski definition) is 3. The van der Waals surface area contributed by atoms with E-state index in [-0.39, 0.29) is 17.8 Å². The van der Waals surface area contributed by atoms with Crippen LogP contribution < -0.4 is 0 Å². The van der Waals surface area contributed by atoms with Crippen LogP contribution in [0.15, 0.2) is 48.8 Å². The fourth-order valence-corrected chi connectivity index (χ4v) is 3.49. The van der Waals surface area contributed by atoms with Crippen molar-refractivity contribution in [3.05, 3.63) is 65.7 Å². The second kappa shape index (κ2) is 8.41. The van der Waals surface area contributed by atoms with Gasteiger partial charge in [-0.1, -0.05) is 26.0 Å². The molecule has 138 valence electrons. The molecule has 0 saturated carbocycles. The van der Waals surface area contributed by atoms with E-state index in [1.54, 1.807) is 24.5 Å². The molecule has 0 aliphatic carbocycles. The molecule has 4 nitrogen and oxygen atoms in total. The Kier molecular flexibility index (Phi) is 5.99. The van der Waals surface area contributed by atoms with Crippen LogP contribution in [0, 0.1) is 11.7 Å². The standard InChI is InChI=1S/C21H26FN3O/c1-16(2)20-15-24(13-18-7-10-23-11-8-18)12-9-21(26)25(20)14-17-3-5-19(22)6-4-17/h3-8,10-11,16,20H,9,12-15H2,1-2H3. The number of hydrogen-bond donors (Lipinski definition) is 0. The van der Waals surface area contributed by atoms with Gasteiger partial charge >= 0.3 is 0 Å². The number of aromatic nitrogens is 1. The van der Waals surface area contributed by atoms with Crippen molar-refractivity contribution in [1.29, 1.82) is 0 Å². The van der Waals surface area contributed by atoms with E-state index in [0.29, 0.717) is 18.9 Å². The third-order valence-corrected chi connectivity index (χ3v) is 5.00. The summed E-state index contributed by atoms with van der Waals surface area (Å²) in [6.45, 7) is 7.27.